The molecule has 178 valence electrons. The molecule has 33 heavy (non-hydrogen) atoms. The molecule has 2 aromatic carbocycles. The molecule has 7 nitrogen and oxygen atoms in total. The molecule has 0 saturated heterocycles. The van der Waals surface area contributed by atoms with Gasteiger partial charge in [-0.2, -0.15) is 0 Å². The Balaban J connectivity index is 1.72. The van der Waals surface area contributed by atoms with Crippen LogP contribution in [-0.2, 0) is 20.7 Å². The van der Waals surface area contributed by atoms with Gasteiger partial charge in [-0.1, -0.05) is 55.8 Å². The minimum Gasteiger partial charge on any atom is -0.508 e. The molecule has 0 unspecified atom stereocenters. The number of rotatable bonds is 7. The highest BCUT2D eigenvalue weighted by Crippen LogP contribution is 2.40. The molecule has 2 aromatic rings. The monoisotopic (exact) mass is 454 g/mol. The van der Waals surface area contributed by atoms with Gasteiger partial charge in [0.05, 0.1) is 6.10 Å². The Morgan fingerprint density at radius 2 is 1.88 bits per heavy atom. The van der Waals surface area contributed by atoms with Crippen LogP contribution in [0.15, 0.2) is 48.5 Å². The zero-order chi connectivity index (χ0) is 24.0. The fourth-order valence-electron chi connectivity index (χ4n) is 3.97. The number of hydrogen-bond acceptors (Lipinski definition) is 5. The number of nitrogens with one attached hydrogen (secondary N) is 2. The number of carbonyl (C=O) groups excluding carboxylic acids is 2. The third kappa shape index (κ3) is 6.71. The van der Waals surface area contributed by atoms with E-state index in [0.717, 1.165) is 23.1 Å². The Morgan fingerprint density at radius 1 is 1.15 bits per heavy atom. The summed E-state index contributed by atoms with van der Waals surface area (Å²) in [5, 5.41) is 16.1. The van der Waals surface area contributed by atoms with Crippen molar-refractivity contribution in [3.63, 3.8) is 0 Å². The first-order valence-electron chi connectivity index (χ1n) is 11.5. The highest BCUT2D eigenvalue weighted by molar-refractivity contribution is 5.85. The molecule has 0 fully saturated rings. The number of aromatic hydroxyl groups is 1. The second kappa shape index (κ2) is 10.7. The number of benzene rings is 2. The second-order valence-corrected chi connectivity index (χ2v) is 9.31. The molecule has 0 aromatic heterocycles. The fourth-order valence-corrected chi connectivity index (χ4v) is 3.97. The quantitative estimate of drug-likeness (QED) is 0.570. The summed E-state index contributed by atoms with van der Waals surface area (Å²) in [7, 11) is 0. The SMILES string of the molecule is CCC[C@H](NC(=O)OC(C)(C)C)C(=O)NC[C@@H]1O[C@H](c2ccccc2)Cc2c(O)cccc21. The van der Waals surface area contributed by atoms with Gasteiger partial charge in [0, 0.05) is 18.5 Å². The second-order valence-electron chi connectivity index (χ2n) is 9.31. The van der Waals surface area contributed by atoms with Crippen molar-refractivity contribution in [1.82, 2.24) is 10.6 Å². The van der Waals surface area contributed by atoms with Gasteiger partial charge in [0.1, 0.15) is 23.5 Å². The zero-order valence-electron chi connectivity index (χ0n) is 19.8. The van der Waals surface area contributed by atoms with Crippen molar-refractivity contribution in [3.05, 3.63) is 65.2 Å². The van der Waals surface area contributed by atoms with Crippen LogP contribution in [0.25, 0.3) is 0 Å². The van der Waals surface area contributed by atoms with Gasteiger partial charge in [-0.05, 0) is 44.4 Å². The molecule has 1 aliphatic heterocycles. The molecule has 3 N–H and O–H groups in total. The van der Waals surface area contributed by atoms with Crippen LogP contribution in [-0.4, -0.2) is 35.3 Å². The maximum absolute atomic E-state index is 12.9. The number of ether oxygens (including phenoxy) is 2. The van der Waals surface area contributed by atoms with E-state index >= 15 is 0 Å². The summed E-state index contributed by atoms with van der Waals surface area (Å²) in [4.78, 5) is 25.1. The maximum atomic E-state index is 12.9. The smallest absolute Gasteiger partial charge is 0.408 e. The van der Waals surface area contributed by atoms with E-state index in [1.165, 1.54) is 0 Å². The van der Waals surface area contributed by atoms with E-state index < -0.39 is 23.8 Å². The van der Waals surface area contributed by atoms with Crippen molar-refractivity contribution >= 4 is 12.0 Å². The van der Waals surface area contributed by atoms with Gasteiger partial charge in [0.2, 0.25) is 5.91 Å². The highest BCUT2D eigenvalue weighted by atomic mass is 16.6. The molecule has 7 heteroatoms. The lowest BCUT2D eigenvalue weighted by atomic mass is 9.90. The number of phenols is 1. The molecule has 3 atom stereocenters. The van der Waals surface area contributed by atoms with Gasteiger partial charge in [-0.3, -0.25) is 4.79 Å². The van der Waals surface area contributed by atoms with Crippen molar-refractivity contribution in [1.29, 1.82) is 0 Å². The number of alkyl carbamates (subject to hydrolysis) is 1. The van der Waals surface area contributed by atoms with E-state index in [4.69, 9.17) is 9.47 Å². The molecule has 0 spiro atoms. The van der Waals surface area contributed by atoms with E-state index in [1.807, 2.05) is 43.3 Å². The standard InChI is InChI=1S/C26H34N2O5/c1-5-10-20(28-25(31)33-26(2,3)4)24(30)27-16-23-18-13-9-14-21(29)19(18)15-22(32-23)17-11-7-6-8-12-17/h6-9,11-14,20,22-23,29H,5,10,15-16H2,1-4H3,(H,27,30)(H,28,31)/t20-,22-,23-/m0/s1. The molecular weight excluding hydrogens is 420 g/mol. The van der Waals surface area contributed by atoms with Crippen LogP contribution in [0.1, 0.15) is 69.4 Å². The normalized spacial score (nSPS) is 18.7. The molecule has 0 aliphatic carbocycles. The number of amides is 2. The zero-order valence-corrected chi connectivity index (χ0v) is 19.8. The Labute approximate surface area is 195 Å². The first kappa shape index (κ1) is 24.6. The Kier molecular flexibility index (Phi) is 7.97. The van der Waals surface area contributed by atoms with Gasteiger partial charge in [-0.15, -0.1) is 0 Å². The molecule has 2 amide bonds. The number of phenolic OH excluding ortho intramolecular Hbond substituents is 1. The third-order valence-corrected chi connectivity index (χ3v) is 5.47. The highest BCUT2D eigenvalue weighted by Gasteiger charge is 2.31. The summed E-state index contributed by atoms with van der Waals surface area (Å²) < 4.78 is 11.7. The lowest BCUT2D eigenvalue weighted by Crippen LogP contribution is -2.49. The van der Waals surface area contributed by atoms with Crippen LogP contribution in [0.2, 0.25) is 0 Å². The van der Waals surface area contributed by atoms with E-state index in [-0.39, 0.29) is 24.3 Å². The predicted molar refractivity (Wildman–Crippen MR) is 126 cm³/mol. The van der Waals surface area contributed by atoms with E-state index in [2.05, 4.69) is 10.6 Å². The van der Waals surface area contributed by atoms with Gasteiger partial charge in [-0.25, -0.2) is 4.79 Å². The lowest BCUT2D eigenvalue weighted by molar-refractivity contribution is -0.124. The van der Waals surface area contributed by atoms with Crippen LogP contribution in [0.4, 0.5) is 4.79 Å². The van der Waals surface area contributed by atoms with E-state index in [1.54, 1.807) is 32.9 Å². The molecule has 1 aliphatic rings. The van der Waals surface area contributed by atoms with Crippen LogP contribution >= 0.6 is 0 Å². The van der Waals surface area contributed by atoms with Crippen molar-refractivity contribution in [3.8, 4) is 5.75 Å². The molecule has 0 saturated carbocycles. The van der Waals surface area contributed by atoms with E-state index in [9.17, 15) is 14.7 Å². The Morgan fingerprint density at radius 3 is 2.55 bits per heavy atom. The Bertz CT molecular complexity index is 955. The average molecular weight is 455 g/mol. The molecule has 0 radical (unpaired) electrons. The lowest BCUT2D eigenvalue weighted by Gasteiger charge is -2.33. The van der Waals surface area contributed by atoms with Crippen molar-refractivity contribution in [2.75, 3.05) is 6.54 Å². The number of carbonyl (C=O) groups is 2. The Hall–Kier alpha value is -3.06. The topological polar surface area (TPSA) is 96.9 Å². The van der Waals surface area contributed by atoms with Crippen LogP contribution < -0.4 is 10.6 Å². The van der Waals surface area contributed by atoms with Crippen LogP contribution in [0.5, 0.6) is 5.75 Å². The van der Waals surface area contributed by atoms with Gasteiger partial charge >= 0.3 is 6.09 Å². The van der Waals surface area contributed by atoms with Crippen molar-refractivity contribution in [2.24, 2.45) is 0 Å². The molecule has 3 rings (SSSR count). The molecule has 1 heterocycles. The largest absolute Gasteiger partial charge is 0.508 e. The molecular formula is C26H34N2O5. The average Bonchev–Trinajstić information content (AvgIpc) is 2.76. The summed E-state index contributed by atoms with van der Waals surface area (Å²) in [6.45, 7) is 7.49. The van der Waals surface area contributed by atoms with Crippen molar-refractivity contribution in [2.45, 2.75) is 70.8 Å². The minimum absolute atomic E-state index is 0.217. The minimum atomic E-state index is -0.706. The summed E-state index contributed by atoms with van der Waals surface area (Å²) in [6.07, 6.45) is 0.472. The predicted octanol–water partition coefficient (Wildman–Crippen LogP) is 4.56. The van der Waals surface area contributed by atoms with Gasteiger partial charge in [0.15, 0.2) is 0 Å². The first-order valence-corrected chi connectivity index (χ1v) is 11.5. The first-order chi connectivity index (χ1) is 15.7. The summed E-state index contributed by atoms with van der Waals surface area (Å²) in [6, 6.07) is 14.5. The number of fused-ring (bicyclic) bond motifs is 1. The third-order valence-electron chi connectivity index (χ3n) is 5.47. The molecule has 0 bridgehead atoms. The van der Waals surface area contributed by atoms with Gasteiger partial charge < -0.3 is 25.2 Å². The number of hydrogen-bond donors (Lipinski definition) is 3. The van der Waals surface area contributed by atoms with Crippen molar-refractivity contribution < 1.29 is 24.2 Å². The summed E-state index contributed by atoms with van der Waals surface area (Å²) in [5.74, 6) is -0.0710. The van der Waals surface area contributed by atoms with Crippen LogP contribution in [0.3, 0.4) is 0 Å². The fraction of sp³-hybridized carbons (Fsp3) is 0.462. The maximum Gasteiger partial charge on any atom is 0.408 e. The van der Waals surface area contributed by atoms with E-state index in [0.29, 0.717) is 12.8 Å². The van der Waals surface area contributed by atoms with Gasteiger partial charge in [0.25, 0.3) is 0 Å². The summed E-state index contributed by atoms with van der Waals surface area (Å²) >= 11 is 0. The summed E-state index contributed by atoms with van der Waals surface area (Å²) in [5.41, 5.74) is 2.05. The van der Waals surface area contributed by atoms with Crippen LogP contribution in [0, 0.1) is 0 Å².